The summed E-state index contributed by atoms with van der Waals surface area (Å²) < 4.78 is 5.63. The second-order valence-electron chi connectivity index (χ2n) is 6.48. The van der Waals surface area contributed by atoms with Crippen molar-refractivity contribution in [1.29, 1.82) is 0 Å². The Labute approximate surface area is 153 Å². The molecule has 0 bridgehead atoms. The molecule has 1 fully saturated rings. The van der Waals surface area contributed by atoms with Gasteiger partial charge in [-0.2, -0.15) is 0 Å². The monoisotopic (exact) mass is 363 g/mol. The molecule has 1 saturated heterocycles. The molecule has 0 radical (unpaired) electrons. The zero-order chi connectivity index (χ0) is 17.5. The number of halogens is 1. The summed E-state index contributed by atoms with van der Waals surface area (Å²) in [5.74, 6) is 1.16. The quantitative estimate of drug-likeness (QED) is 0.750. The van der Waals surface area contributed by atoms with E-state index in [9.17, 15) is 5.11 Å². The van der Waals surface area contributed by atoms with Crippen molar-refractivity contribution in [3.63, 3.8) is 0 Å². The minimum Gasteiger partial charge on any atom is -0.385 e. The summed E-state index contributed by atoms with van der Waals surface area (Å²) in [4.78, 5) is 7.06. The van der Waals surface area contributed by atoms with Crippen LogP contribution in [-0.2, 0) is 11.3 Å². The van der Waals surface area contributed by atoms with Crippen molar-refractivity contribution in [3.05, 3.63) is 59.2 Å². The van der Waals surface area contributed by atoms with E-state index in [0.717, 1.165) is 49.1 Å². The fourth-order valence-electron chi connectivity index (χ4n) is 3.13. The highest BCUT2D eigenvalue weighted by Crippen LogP contribution is 2.10. The van der Waals surface area contributed by atoms with Crippen molar-refractivity contribution < 1.29 is 19.7 Å². The van der Waals surface area contributed by atoms with Crippen LogP contribution in [0.3, 0.4) is 0 Å². The summed E-state index contributed by atoms with van der Waals surface area (Å²) in [6, 6.07) is 13.7. The molecule has 5 nitrogen and oxygen atoms in total. The third kappa shape index (κ3) is 5.68. The molecule has 0 saturated carbocycles. The summed E-state index contributed by atoms with van der Waals surface area (Å²) in [5.41, 5.74) is 1.07. The second-order valence-corrected chi connectivity index (χ2v) is 6.92. The summed E-state index contributed by atoms with van der Waals surface area (Å²) in [6.07, 6.45) is 1.52. The number of benzene rings is 1. The lowest BCUT2D eigenvalue weighted by atomic mass is 10.2. The maximum absolute atomic E-state index is 10.2. The van der Waals surface area contributed by atoms with E-state index in [-0.39, 0.29) is 0 Å². The van der Waals surface area contributed by atoms with E-state index in [0.29, 0.717) is 13.2 Å². The lowest BCUT2D eigenvalue weighted by Crippen LogP contribution is -3.16. The molecule has 1 aliphatic rings. The number of hydrogen-bond acceptors (Lipinski definition) is 3. The van der Waals surface area contributed by atoms with Crippen LogP contribution in [-0.4, -0.2) is 50.5 Å². The van der Waals surface area contributed by atoms with Gasteiger partial charge in [0, 0.05) is 11.1 Å². The van der Waals surface area contributed by atoms with Gasteiger partial charge in [-0.1, -0.05) is 29.8 Å². The Bertz CT molecular complexity index is 631. The Balaban J connectivity index is 1.35. The molecule has 0 unspecified atom stereocenters. The van der Waals surface area contributed by atoms with Crippen LogP contribution >= 0.6 is 11.6 Å². The number of aliphatic hydroxyl groups excluding tert-OH is 1. The van der Waals surface area contributed by atoms with E-state index in [4.69, 9.17) is 16.3 Å². The molecular formula is C19H26ClN3O2+2. The largest absolute Gasteiger partial charge is 0.385 e. The van der Waals surface area contributed by atoms with E-state index >= 15 is 0 Å². The zero-order valence-electron chi connectivity index (χ0n) is 14.3. The Morgan fingerprint density at radius 2 is 1.92 bits per heavy atom. The molecule has 0 spiro atoms. The van der Waals surface area contributed by atoms with Crippen molar-refractivity contribution in [2.24, 2.45) is 0 Å². The molecule has 6 heteroatoms. The zero-order valence-corrected chi connectivity index (χ0v) is 15.1. The van der Waals surface area contributed by atoms with Gasteiger partial charge in [0.05, 0.1) is 19.4 Å². The first kappa shape index (κ1) is 18.1. The number of anilines is 1. The SMILES string of the molecule is O[C@H](COCc1ccc(Cl)cc1)C[NH+]1CCN(c2cccc[nH+]2)CC1. The van der Waals surface area contributed by atoms with Crippen LogP contribution in [0.2, 0.25) is 5.02 Å². The number of ether oxygens (including phenoxy) is 1. The van der Waals surface area contributed by atoms with Gasteiger partial charge in [-0.25, -0.2) is 4.98 Å². The molecule has 1 aliphatic heterocycles. The molecule has 2 heterocycles. The first-order chi connectivity index (χ1) is 12.2. The average molecular weight is 364 g/mol. The predicted octanol–water partition coefficient (Wildman–Crippen LogP) is 0.437. The first-order valence-corrected chi connectivity index (χ1v) is 9.14. The van der Waals surface area contributed by atoms with Crippen LogP contribution in [0.25, 0.3) is 0 Å². The van der Waals surface area contributed by atoms with Gasteiger partial charge in [-0.3, -0.25) is 4.90 Å². The summed E-state index contributed by atoms with van der Waals surface area (Å²) in [7, 11) is 0. The molecule has 25 heavy (non-hydrogen) atoms. The number of nitrogens with one attached hydrogen (secondary N) is 2. The number of rotatable bonds is 7. The molecule has 0 amide bonds. The summed E-state index contributed by atoms with van der Waals surface area (Å²) >= 11 is 5.87. The number of aromatic nitrogens is 1. The van der Waals surface area contributed by atoms with Gasteiger partial charge in [0.25, 0.3) is 5.82 Å². The van der Waals surface area contributed by atoms with Crippen LogP contribution < -0.4 is 14.8 Å². The lowest BCUT2D eigenvalue weighted by Gasteiger charge is -2.29. The molecule has 1 atom stereocenters. The maximum atomic E-state index is 10.2. The molecule has 134 valence electrons. The van der Waals surface area contributed by atoms with Crippen LogP contribution in [0.15, 0.2) is 48.7 Å². The smallest absolute Gasteiger partial charge is 0.274 e. The Morgan fingerprint density at radius 3 is 2.60 bits per heavy atom. The van der Waals surface area contributed by atoms with Crippen LogP contribution in [0.4, 0.5) is 5.82 Å². The number of quaternary nitrogens is 1. The summed E-state index contributed by atoms with van der Waals surface area (Å²) in [5, 5.41) is 10.9. The van der Waals surface area contributed by atoms with E-state index in [1.807, 2.05) is 42.6 Å². The number of nitrogens with zero attached hydrogens (tertiary/aromatic N) is 1. The van der Waals surface area contributed by atoms with Crippen LogP contribution in [0, 0.1) is 0 Å². The minimum atomic E-state index is -0.433. The fourth-order valence-corrected chi connectivity index (χ4v) is 3.26. The van der Waals surface area contributed by atoms with E-state index in [1.165, 1.54) is 4.90 Å². The van der Waals surface area contributed by atoms with Gasteiger partial charge >= 0.3 is 0 Å². The second kappa shape index (κ2) is 9.15. The number of H-pyrrole nitrogens is 1. The highest BCUT2D eigenvalue weighted by Gasteiger charge is 2.27. The normalized spacial score (nSPS) is 16.8. The number of aromatic amines is 1. The highest BCUT2D eigenvalue weighted by molar-refractivity contribution is 6.30. The molecule has 3 rings (SSSR count). The van der Waals surface area contributed by atoms with Crippen molar-refractivity contribution >= 4 is 17.4 Å². The maximum Gasteiger partial charge on any atom is 0.274 e. The van der Waals surface area contributed by atoms with Gasteiger partial charge in [0.15, 0.2) is 0 Å². The predicted molar refractivity (Wildman–Crippen MR) is 97.9 cm³/mol. The molecule has 3 N–H and O–H groups in total. The molecular weight excluding hydrogens is 338 g/mol. The molecule has 2 aromatic rings. The van der Waals surface area contributed by atoms with Gasteiger partial charge in [0.2, 0.25) is 0 Å². The Hall–Kier alpha value is -1.66. The molecule has 0 aliphatic carbocycles. The number of pyridine rings is 1. The topological polar surface area (TPSA) is 51.3 Å². The minimum absolute atomic E-state index is 0.363. The third-order valence-corrected chi connectivity index (χ3v) is 4.77. The standard InChI is InChI=1S/C19H24ClN3O2/c20-17-6-4-16(5-7-17)14-25-15-18(24)13-22-9-11-23(12-10-22)19-3-1-2-8-21-19/h1-8,18,24H,9-15H2/p+2/t18-/m0/s1. The van der Waals surface area contributed by atoms with E-state index < -0.39 is 6.10 Å². The van der Waals surface area contributed by atoms with Gasteiger partial charge in [-0.15, -0.1) is 0 Å². The number of piperazine rings is 1. The first-order valence-electron chi connectivity index (χ1n) is 8.76. The Kier molecular flexibility index (Phi) is 6.64. The number of aliphatic hydroxyl groups is 1. The van der Waals surface area contributed by atoms with Crippen molar-refractivity contribution in [2.45, 2.75) is 12.7 Å². The average Bonchev–Trinajstić information content (AvgIpc) is 2.65. The lowest BCUT2D eigenvalue weighted by molar-refractivity contribution is -0.903. The highest BCUT2D eigenvalue weighted by atomic mass is 35.5. The van der Waals surface area contributed by atoms with Gasteiger partial charge < -0.3 is 14.7 Å². The molecule has 1 aromatic carbocycles. The Morgan fingerprint density at radius 1 is 1.16 bits per heavy atom. The van der Waals surface area contributed by atoms with Gasteiger partial charge in [0.1, 0.15) is 38.8 Å². The van der Waals surface area contributed by atoms with Crippen LogP contribution in [0.5, 0.6) is 0 Å². The fraction of sp³-hybridized carbons (Fsp3) is 0.421. The van der Waals surface area contributed by atoms with Gasteiger partial charge in [-0.05, 0) is 23.8 Å². The van der Waals surface area contributed by atoms with Crippen molar-refractivity contribution in [2.75, 3.05) is 44.2 Å². The van der Waals surface area contributed by atoms with E-state index in [2.05, 4.69) is 16.0 Å². The third-order valence-electron chi connectivity index (χ3n) is 4.52. The van der Waals surface area contributed by atoms with Crippen molar-refractivity contribution in [3.8, 4) is 0 Å². The molecule has 1 aromatic heterocycles. The van der Waals surface area contributed by atoms with Crippen molar-refractivity contribution in [1.82, 2.24) is 0 Å². The summed E-state index contributed by atoms with van der Waals surface area (Å²) in [6.45, 7) is 5.63. The van der Waals surface area contributed by atoms with Crippen LogP contribution in [0.1, 0.15) is 5.56 Å². The number of hydrogen-bond donors (Lipinski definition) is 2. The van der Waals surface area contributed by atoms with E-state index in [1.54, 1.807) is 0 Å².